The van der Waals surface area contributed by atoms with Gasteiger partial charge in [0, 0.05) is 27.4 Å². The van der Waals surface area contributed by atoms with Crippen molar-refractivity contribution in [3.05, 3.63) is 35.9 Å². The lowest BCUT2D eigenvalue weighted by molar-refractivity contribution is 0.345. The molecule has 0 aromatic heterocycles. The summed E-state index contributed by atoms with van der Waals surface area (Å²) in [4.78, 5) is 3.24. The molecule has 142 valence electrons. The molecule has 5 heteroatoms. The summed E-state index contributed by atoms with van der Waals surface area (Å²) >= 11 is 0. The first kappa shape index (κ1) is 21.4. The summed E-state index contributed by atoms with van der Waals surface area (Å²) in [5, 5.41) is 0. The van der Waals surface area contributed by atoms with Crippen LogP contribution in [0.3, 0.4) is 0 Å². The summed E-state index contributed by atoms with van der Waals surface area (Å²) in [6.07, 6.45) is 3.87. The molecule has 0 bridgehead atoms. The van der Waals surface area contributed by atoms with Crippen LogP contribution >= 0.6 is 8.73 Å². The number of likely N-dealkylation sites (tertiary alicyclic amines) is 1. The van der Waals surface area contributed by atoms with E-state index in [9.17, 15) is 0 Å². The number of amidine groups is 1. The van der Waals surface area contributed by atoms with Crippen molar-refractivity contribution in [1.29, 1.82) is 0 Å². The van der Waals surface area contributed by atoms with Gasteiger partial charge in [-0.2, -0.15) is 0 Å². The van der Waals surface area contributed by atoms with Gasteiger partial charge in [-0.05, 0) is 42.2 Å². The zero-order chi connectivity index (χ0) is 19.2. The van der Waals surface area contributed by atoms with E-state index in [-0.39, 0.29) is 0 Å². The van der Waals surface area contributed by atoms with Crippen LogP contribution in [0.25, 0.3) is 0 Å². The molecule has 0 N–H and O–H groups in total. The van der Waals surface area contributed by atoms with Crippen molar-refractivity contribution >= 4 is 30.7 Å². The summed E-state index contributed by atoms with van der Waals surface area (Å²) in [6.45, 7) is 17.3. The van der Waals surface area contributed by atoms with Crippen LogP contribution in [-0.2, 0) is 0 Å². The normalized spacial score (nSPS) is 16.9. The molecule has 1 saturated heterocycles. The second-order valence-electron chi connectivity index (χ2n) is 9.39. The van der Waals surface area contributed by atoms with Gasteiger partial charge in [0.1, 0.15) is 0 Å². The van der Waals surface area contributed by atoms with Crippen LogP contribution in [0.1, 0.15) is 24.8 Å². The molecule has 1 aliphatic rings. The highest BCUT2D eigenvalue weighted by molar-refractivity contribution is 7.48. The van der Waals surface area contributed by atoms with Gasteiger partial charge in [0.15, 0.2) is 5.84 Å². The minimum absolute atomic E-state index is 0.666. The Hall–Kier alpha value is -0.886. The van der Waals surface area contributed by atoms with Crippen molar-refractivity contribution in [2.45, 2.75) is 63.5 Å². The lowest BCUT2D eigenvalue weighted by Gasteiger charge is -2.37. The van der Waals surface area contributed by atoms with E-state index in [2.05, 4.69) is 80.3 Å². The first-order valence-corrected chi connectivity index (χ1v) is 18.0. The lowest BCUT2D eigenvalue weighted by atomic mass is 10.1. The molecule has 26 heavy (non-hydrogen) atoms. The highest BCUT2D eigenvalue weighted by Gasteiger charge is 2.37. The average Bonchev–Trinajstić information content (AvgIpc) is 2.57. The SMILES string of the molecule is C[Si](C)(C)C(P/N=C(/C#Cc1ccccc1)N1CCCCC1)[Si](C)(C)C. The zero-order valence-corrected chi connectivity index (χ0v) is 20.4. The number of rotatable bonds is 4. The molecular formula is C21H35N2PSi2. The molecule has 1 atom stereocenters. The lowest BCUT2D eigenvalue weighted by Crippen LogP contribution is -2.50. The van der Waals surface area contributed by atoms with E-state index in [4.69, 9.17) is 4.76 Å². The van der Waals surface area contributed by atoms with Crippen molar-refractivity contribution in [3.63, 3.8) is 0 Å². The number of hydrogen-bond donors (Lipinski definition) is 0. The maximum Gasteiger partial charge on any atom is 0.180 e. The van der Waals surface area contributed by atoms with Crippen LogP contribution in [0.4, 0.5) is 0 Å². The van der Waals surface area contributed by atoms with Gasteiger partial charge < -0.3 is 4.90 Å². The number of piperidine rings is 1. The summed E-state index contributed by atoms with van der Waals surface area (Å²) in [5.41, 5.74) is 1.08. The van der Waals surface area contributed by atoms with E-state index >= 15 is 0 Å². The van der Waals surface area contributed by atoms with Gasteiger partial charge in [0.2, 0.25) is 0 Å². The van der Waals surface area contributed by atoms with Crippen molar-refractivity contribution in [3.8, 4) is 11.8 Å². The van der Waals surface area contributed by atoms with Crippen LogP contribution in [0, 0.1) is 11.8 Å². The number of hydrogen-bond acceptors (Lipinski definition) is 1. The number of nitrogens with zero attached hydrogens (tertiary/aromatic N) is 2. The minimum Gasteiger partial charge on any atom is -0.350 e. The quantitative estimate of drug-likeness (QED) is 0.209. The smallest absolute Gasteiger partial charge is 0.180 e. The van der Waals surface area contributed by atoms with E-state index in [1.807, 2.05) is 6.07 Å². The van der Waals surface area contributed by atoms with Crippen LogP contribution in [0.15, 0.2) is 35.1 Å². The molecule has 1 heterocycles. The third kappa shape index (κ3) is 6.69. The number of benzene rings is 1. The second-order valence-corrected chi connectivity index (χ2v) is 22.8. The van der Waals surface area contributed by atoms with Crippen molar-refractivity contribution in [1.82, 2.24) is 4.90 Å². The average molecular weight is 403 g/mol. The predicted octanol–water partition coefficient (Wildman–Crippen LogP) is 5.64. The molecule has 2 nitrogen and oxygen atoms in total. The molecular weight excluding hydrogens is 367 g/mol. The fourth-order valence-corrected chi connectivity index (χ4v) is 18.1. The molecule has 0 spiro atoms. The fraction of sp³-hybridized carbons (Fsp3) is 0.571. The monoisotopic (exact) mass is 402 g/mol. The molecule has 1 fully saturated rings. The summed E-state index contributed by atoms with van der Waals surface area (Å²) < 4.78 is 5.16. The summed E-state index contributed by atoms with van der Waals surface area (Å²) in [5.74, 6) is 7.81. The molecule has 1 aromatic carbocycles. The van der Waals surface area contributed by atoms with Gasteiger partial charge in [-0.25, -0.2) is 4.76 Å². The topological polar surface area (TPSA) is 15.6 Å². The van der Waals surface area contributed by atoms with E-state index in [1.54, 1.807) is 0 Å². The molecule has 1 aliphatic heterocycles. The Kier molecular flexibility index (Phi) is 7.70. The van der Waals surface area contributed by atoms with Crippen LogP contribution in [-0.4, -0.2) is 44.9 Å². The third-order valence-corrected chi connectivity index (χ3v) is 20.0. The Bertz CT molecular complexity index is 643. The van der Waals surface area contributed by atoms with Crippen molar-refractivity contribution < 1.29 is 0 Å². The molecule has 0 amide bonds. The van der Waals surface area contributed by atoms with Crippen LogP contribution < -0.4 is 0 Å². The van der Waals surface area contributed by atoms with Gasteiger partial charge in [-0.15, -0.1) is 0 Å². The third-order valence-electron chi connectivity index (χ3n) is 4.78. The Balaban J connectivity index is 2.27. The van der Waals surface area contributed by atoms with E-state index < -0.39 is 16.1 Å². The summed E-state index contributed by atoms with van der Waals surface area (Å²) in [7, 11) is -1.78. The van der Waals surface area contributed by atoms with Gasteiger partial charge >= 0.3 is 0 Å². The van der Waals surface area contributed by atoms with Gasteiger partial charge in [0.05, 0.1) is 16.1 Å². The van der Waals surface area contributed by atoms with Crippen LogP contribution in [0.5, 0.6) is 0 Å². The first-order chi connectivity index (χ1) is 12.2. The van der Waals surface area contributed by atoms with Crippen LogP contribution in [0.2, 0.25) is 39.3 Å². The molecule has 0 aliphatic carbocycles. The highest BCUT2D eigenvalue weighted by atomic mass is 31.1. The zero-order valence-electron chi connectivity index (χ0n) is 17.4. The molecule has 1 aromatic rings. The van der Waals surface area contributed by atoms with E-state index in [0.29, 0.717) is 8.73 Å². The van der Waals surface area contributed by atoms with E-state index in [0.717, 1.165) is 29.4 Å². The standard InChI is InChI=1S/C21H35N2PSi2/c1-25(2,3)21(26(4,5)6)24-22-20(23-17-11-8-12-18-23)16-15-19-13-9-7-10-14-19/h7,9-10,13-14,21,24H,8,11-12,17-18H2,1-6H3/b22-20-. The summed E-state index contributed by atoms with van der Waals surface area (Å²) in [6, 6.07) is 10.3. The second kappa shape index (κ2) is 9.35. The van der Waals surface area contributed by atoms with Crippen molar-refractivity contribution in [2.75, 3.05) is 13.1 Å². The van der Waals surface area contributed by atoms with Crippen molar-refractivity contribution in [2.24, 2.45) is 4.76 Å². The highest BCUT2D eigenvalue weighted by Crippen LogP contribution is 2.36. The minimum atomic E-state index is -1.22. The van der Waals surface area contributed by atoms with Gasteiger partial charge in [-0.3, -0.25) is 0 Å². The van der Waals surface area contributed by atoms with E-state index in [1.165, 1.54) is 19.3 Å². The predicted molar refractivity (Wildman–Crippen MR) is 125 cm³/mol. The Labute approximate surface area is 164 Å². The van der Waals surface area contributed by atoms with Gasteiger partial charge in [0.25, 0.3) is 0 Å². The largest absolute Gasteiger partial charge is 0.350 e. The molecule has 0 radical (unpaired) electrons. The van der Waals surface area contributed by atoms with Gasteiger partial charge in [-0.1, -0.05) is 63.4 Å². The maximum atomic E-state index is 5.16. The Morgan fingerprint density at radius 2 is 1.54 bits per heavy atom. The Morgan fingerprint density at radius 1 is 0.962 bits per heavy atom. The molecule has 1 unspecified atom stereocenters. The fourth-order valence-electron chi connectivity index (χ4n) is 3.75. The maximum absolute atomic E-state index is 5.16. The molecule has 2 rings (SSSR count). The molecule has 0 saturated carbocycles. The first-order valence-electron chi connectivity index (χ1n) is 9.83. The Morgan fingerprint density at radius 3 is 2.08 bits per heavy atom.